The number of carbonyl (C=O) groups is 1. The summed E-state index contributed by atoms with van der Waals surface area (Å²) in [5.41, 5.74) is 4.54. The Morgan fingerprint density at radius 1 is 1.06 bits per heavy atom. The van der Waals surface area contributed by atoms with Gasteiger partial charge in [-0.05, 0) is 49.5 Å². The van der Waals surface area contributed by atoms with Crippen molar-refractivity contribution in [3.63, 3.8) is 0 Å². The minimum atomic E-state index is -0.683. The van der Waals surface area contributed by atoms with E-state index in [2.05, 4.69) is 26.4 Å². The van der Waals surface area contributed by atoms with Crippen LogP contribution in [0.25, 0.3) is 38.8 Å². The van der Waals surface area contributed by atoms with Gasteiger partial charge < -0.3 is 14.8 Å². The number of halogens is 2. The van der Waals surface area contributed by atoms with Gasteiger partial charge in [-0.15, -0.1) is 0 Å². The summed E-state index contributed by atoms with van der Waals surface area (Å²) in [7, 11) is 1.63. The fourth-order valence-corrected chi connectivity index (χ4v) is 8.13. The summed E-state index contributed by atoms with van der Waals surface area (Å²) in [6.45, 7) is 16.3. The van der Waals surface area contributed by atoms with Crippen LogP contribution in [0, 0.1) is 12.7 Å². The van der Waals surface area contributed by atoms with Crippen molar-refractivity contribution in [2.45, 2.75) is 71.9 Å². The third-order valence-corrected chi connectivity index (χ3v) is 10.5. The van der Waals surface area contributed by atoms with Crippen molar-refractivity contribution in [2.75, 3.05) is 18.0 Å². The van der Waals surface area contributed by atoms with Crippen molar-refractivity contribution in [3.8, 4) is 16.8 Å². The number of aromatic nitrogens is 5. The molecule has 2 aliphatic heterocycles. The van der Waals surface area contributed by atoms with Crippen molar-refractivity contribution in [1.29, 1.82) is 0 Å². The maximum absolute atomic E-state index is 18.0. The summed E-state index contributed by atoms with van der Waals surface area (Å²) < 4.78 is 20.9. The van der Waals surface area contributed by atoms with Crippen LogP contribution in [0.15, 0.2) is 46.8 Å². The number of benzene rings is 2. The number of amides is 1. The highest BCUT2D eigenvalue weighted by Gasteiger charge is 2.42. The number of hydrogen-bond donors (Lipinski definition) is 1. The lowest BCUT2D eigenvalue weighted by Crippen LogP contribution is -2.57. The molecule has 2 atom stereocenters. The molecule has 0 spiro atoms. The molecule has 7 rings (SSSR count). The monoisotopic (exact) mass is 683 g/mol. The van der Waals surface area contributed by atoms with Gasteiger partial charge in [-0.3, -0.25) is 18.7 Å². The molecule has 5 aromatic rings. The van der Waals surface area contributed by atoms with E-state index in [0.717, 1.165) is 0 Å². The minimum absolute atomic E-state index is 0.0663. The van der Waals surface area contributed by atoms with Gasteiger partial charge in [0.15, 0.2) is 5.82 Å². The van der Waals surface area contributed by atoms with Gasteiger partial charge in [0.2, 0.25) is 5.91 Å². The first kappa shape index (κ1) is 32.8. The van der Waals surface area contributed by atoms with Crippen molar-refractivity contribution in [1.82, 2.24) is 29.0 Å². The SMILES string of the molecule is C=CC(=O)N1CC2Cc3c(c4cc(Cl)c(-c5c(C)ccc6[nH]c(=O)n(C)c56)c(F)c4n(-c4c(C(C)C)ncnc4C(C)C)c3=O)N2CC1C. The summed E-state index contributed by atoms with van der Waals surface area (Å²) in [5, 5.41) is 0.635. The van der Waals surface area contributed by atoms with Gasteiger partial charge in [-0.25, -0.2) is 19.2 Å². The highest BCUT2D eigenvalue weighted by Crippen LogP contribution is 2.46. The Labute approximate surface area is 287 Å². The molecule has 2 unspecified atom stereocenters. The van der Waals surface area contributed by atoms with Crippen LogP contribution >= 0.6 is 11.6 Å². The number of nitrogens with one attached hydrogen (secondary N) is 1. The Morgan fingerprint density at radius 2 is 1.73 bits per heavy atom. The minimum Gasteiger partial charge on any atom is -0.363 e. The van der Waals surface area contributed by atoms with Crippen molar-refractivity contribution in [3.05, 3.63) is 91.4 Å². The average Bonchev–Trinajstić information content (AvgIpc) is 3.57. The molecule has 0 radical (unpaired) electrons. The Balaban J connectivity index is 1.65. The van der Waals surface area contributed by atoms with Crippen LogP contribution < -0.4 is 16.1 Å². The molecule has 5 heterocycles. The van der Waals surface area contributed by atoms with Crippen molar-refractivity contribution < 1.29 is 9.18 Å². The number of pyridine rings is 1. The standard InChI is InChI=1S/C37H39ClFN7O3/c1-9-26(47)44-15-21-12-23-32(45(21)14-20(44)7)22-13-24(38)28(27-19(6)10-11-25-34(27)43(8)37(49)42-25)29(39)33(22)46(36(23)48)35-30(17(2)3)40-16-41-31(35)18(4)5/h9-11,13,16-18,20-21H,1,12,14-15H2,2-8H3,(H,42,49). The molecule has 49 heavy (non-hydrogen) atoms. The Morgan fingerprint density at radius 3 is 2.37 bits per heavy atom. The molecule has 1 saturated heterocycles. The van der Waals surface area contributed by atoms with Gasteiger partial charge >= 0.3 is 5.69 Å². The number of aryl methyl sites for hydroxylation is 2. The maximum atomic E-state index is 18.0. The molecule has 12 heteroatoms. The van der Waals surface area contributed by atoms with E-state index < -0.39 is 5.82 Å². The van der Waals surface area contributed by atoms with E-state index in [1.165, 1.54) is 21.5 Å². The third kappa shape index (κ3) is 4.76. The first-order valence-corrected chi connectivity index (χ1v) is 17.0. The zero-order chi connectivity index (χ0) is 35.2. The lowest BCUT2D eigenvalue weighted by atomic mass is 9.95. The molecule has 2 aliphatic rings. The molecule has 10 nitrogen and oxygen atoms in total. The number of imidazole rings is 1. The fourth-order valence-electron chi connectivity index (χ4n) is 7.85. The van der Waals surface area contributed by atoms with Gasteiger partial charge in [-0.2, -0.15) is 0 Å². The molecule has 1 fully saturated rings. The Bertz CT molecular complexity index is 2330. The molecular weight excluding hydrogens is 645 g/mol. The molecule has 1 amide bonds. The number of anilines is 1. The zero-order valence-electron chi connectivity index (χ0n) is 28.7. The van der Waals surface area contributed by atoms with Crippen LogP contribution in [0.2, 0.25) is 5.02 Å². The topological polar surface area (TPSA) is 109 Å². The van der Waals surface area contributed by atoms with E-state index in [1.54, 1.807) is 24.1 Å². The molecule has 2 aromatic carbocycles. The molecule has 1 N–H and O–H groups in total. The van der Waals surface area contributed by atoms with E-state index in [0.29, 0.717) is 75.4 Å². The second kappa shape index (κ2) is 11.7. The van der Waals surface area contributed by atoms with Crippen molar-refractivity contribution in [2.24, 2.45) is 7.05 Å². The van der Waals surface area contributed by atoms with Crippen LogP contribution in [-0.2, 0) is 18.3 Å². The zero-order valence-corrected chi connectivity index (χ0v) is 29.4. The van der Waals surface area contributed by atoms with Crippen LogP contribution in [0.3, 0.4) is 0 Å². The first-order chi connectivity index (χ1) is 23.3. The number of H-pyrrole nitrogens is 1. The quantitative estimate of drug-likeness (QED) is 0.224. The third-order valence-electron chi connectivity index (χ3n) is 10.2. The molecule has 0 aliphatic carbocycles. The number of fused-ring (bicyclic) bond motifs is 6. The van der Waals surface area contributed by atoms with E-state index >= 15 is 9.18 Å². The van der Waals surface area contributed by atoms with E-state index in [4.69, 9.17) is 11.6 Å². The second-order valence-corrected chi connectivity index (χ2v) is 14.3. The van der Waals surface area contributed by atoms with Crippen LogP contribution in [0.5, 0.6) is 0 Å². The number of piperazine rings is 1. The summed E-state index contributed by atoms with van der Waals surface area (Å²) in [5.74, 6) is -1.08. The normalized spacial score (nSPS) is 17.4. The van der Waals surface area contributed by atoms with Gasteiger partial charge in [-0.1, -0.05) is 51.9 Å². The first-order valence-electron chi connectivity index (χ1n) is 16.6. The summed E-state index contributed by atoms with van der Waals surface area (Å²) in [4.78, 5) is 56.6. The van der Waals surface area contributed by atoms with E-state index in [1.807, 2.05) is 47.6 Å². The lowest BCUT2D eigenvalue weighted by molar-refractivity contribution is -0.128. The largest absolute Gasteiger partial charge is 0.363 e. The predicted molar refractivity (Wildman–Crippen MR) is 192 cm³/mol. The number of carbonyl (C=O) groups excluding carboxylic acids is 1. The number of aromatic amines is 1. The van der Waals surface area contributed by atoms with Gasteiger partial charge in [0, 0.05) is 54.7 Å². The van der Waals surface area contributed by atoms with Crippen molar-refractivity contribution >= 4 is 45.1 Å². The smallest absolute Gasteiger partial charge is 0.326 e. The van der Waals surface area contributed by atoms with Crippen LogP contribution in [0.1, 0.15) is 69.0 Å². The fraction of sp³-hybridized carbons (Fsp3) is 0.378. The lowest BCUT2D eigenvalue weighted by Gasteiger charge is -2.43. The summed E-state index contributed by atoms with van der Waals surface area (Å²) in [6, 6.07) is 4.97. The maximum Gasteiger partial charge on any atom is 0.326 e. The Hall–Kier alpha value is -4.77. The molecular formula is C37H39ClFN7O3. The molecule has 254 valence electrons. The predicted octanol–water partition coefficient (Wildman–Crippen LogP) is 6.12. The van der Waals surface area contributed by atoms with Gasteiger partial charge in [0.25, 0.3) is 5.56 Å². The van der Waals surface area contributed by atoms with E-state index in [-0.39, 0.29) is 57.2 Å². The summed E-state index contributed by atoms with van der Waals surface area (Å²) in [6.07, 6.45) is 3.17. The highest BCUT2D eigenvalue weighted by atomic mass is 35.5. The molecule has 0 bridgehead atoms. The number of rotatable bonds is 5. The van der Waals surface area contributed by atoms with E-state index in [9.17, 15) is 9.59 Å². The average molecular weight is 684 g/mol. The Kier molecular flexibility index (Phi) is 7.81. The molecule has 0 saturated carbocycles. The van der Waals surface area contributed by atoms with Crippen LogP contribution in [-0.4, -0.2) is 60.1 Å². The molecule has 3 aromatic heterocycles. The number of hydrogen-bond acceptors (Lipinski definition) is 6. The van der Waals surface area contributed by atoms with Gasteiger partial charge in [0.05, 0.1) is 50.4 Å². The van der Waals surface area contributed by atoms with Gasteiger partial charge in [0.1, 0.15) is 6.33 Å². The highest BCUT2D eigenvalue weighted by molar-refractivity contribution is 6.35. The van der Waals surface area contributed by atoms with Crippen LogP contribution in [0.4, 0.5) is 10.1 Å². The number of nitrogens with zero attached hydrogens (tertiary/aromatic N) is 6. The second-order valence-electron chi connectivity index (χ2n) is 13.9. The summed E-state index contributed by atoms with van der Waals surface area (Å²) >= 11 is 7.13.